The van der Waals surface area contributed by atoms with Crippen molar-refractivity contribution in [3.05, 3.63) is 24.0 Å². The normalized spacial score (nSPS) is 21.6. The van der Waals surface area contributed by atoms with E-state index in [1.165, 1.54) is 6.20 Å². The lowest BCUT2D eigenvalue weighted by atomic mass is 9.80. The summed E-state index contributed by atoms with van der Waals surface area (Å²) < 4.78 is 1.66. The Hall–Kier alpha value is -2.57. The van der Waals surface area contributed by atoms with E-state index >= 15 is 0 Å². The molecule has 1 fully saturated rings. The van der Waals surface area contributed by atoms with E-state index in [0.717, 1.165) is 18.4 Å². The summed E-state index contributed by atoms with van der Waals surface area (Å²) >= 11 is 0. The Morgan fingerprint density at radius 2 is 2.04 bits per heavy atom. The second-order valence-electron chi connectivity index (χ2n) is 8.50. The van der Waals surface area contributed by atoms with Crippen molar-refractivity contribution in [1.82, 2.24) is 9.61 Å². The van der Waals surface area contributed by atoms with Crippen molar-refractivity contribution in [2.45, 2.75) is 53.5 Å². The summed E-state index contributed by atoms with van der Waals surface area (Å²) in [6, 6.07) is 2.05. The molecule has 1 aliphatic carbocycles. The minimum atomic E-state index is -0.523. The van der Waals surface area contributed by atoms with Crippen LogP contribution < -0.4 is 16.4 Å². The average Bonchev–Trinajstić information content (AvgIpc) is 3.10. The average molecular weight is 371 g/mol. The van der Waals surface area contributed by atoms with Gasteiger partial charge in [-0.15, -0.1) is 0 Å². The summed E-state index contributed by atoms with van der Waals surface area (Å²) in [5.74, 6) is -0.135. The molecular weight excluding hydrogens is 342 g/mol. The predicted octanol–water partition coefficient (Wildman–Crippen LogP) is 3.26. The highest BCUT2D eigenvalue weighted by molar-refractivity contribution is 6.03. The zero-order valence-corrected chi connectivity index (χ0v) is 16.7. The molecule has 1 aliphatic rings. The van der Waals surface area contributed by atoms with Crippen molar-refractivity contribution >= 4 is 28.7 Å². The number of aromatic nitrogens is 2. The van der Waals surface area contributed by atoms with Gasteiger partial charge in [0.1, 0.15) is 0 Å². The summed E-state index contributed by atoms with van der Waals surface area (Å²) in [5, 5.41) is 10.7. The summed E-state index contributed by atoms with van der Waals surface area (Å²) in [4.78, 5) is 24.0. The molecule has 0 saturated heterocycles. The molecule has 0 aromatic carbocycles. The summed E-state index contributed by atoms with van der Waals surface area (Å²) in [6.45, 7) is 10.4. The van der Waals surface area contributed by atoms with Crippen LogP contribution in [0, 0.1) is 17.3 Å². The Morgan fingerprint density at radius 1 is 1.33 bits per heavy atom. The number of nitrogens with zero attached hydrogens (tertiary/aromatic N) is 2. The standard InChI is InChI=1S/C20H29N5O2/c1-11(2)19(27)23-13-8-15-17(14(18(21)26)9-22-25(15)10-13)24-16-7-6-12(3)20(16,4)5/h8-12,16,24H,6-7H2,1-5H3,(H2,21,26)(H,23,27)/t12-,16+/m0/s1. The Morgan fingerprint density at radius 3 is 2.59 bits per heavy atom. The molecule has 7 nitrogen and oxygen atoms in total. The summed E-state index contributed by atoms with van der Waals surface area (Å²) in [5.41, 5.74) is 8.10. The SMILES string of the molecule is CC(C)C(=O)Nc1cc2c(N[C@@H]3CC[C@H](C)C3(C)C)c(C(N)=O)cnn2c1. The molecule has 0 spiro atoms. The molecule has 146 valence electrons. The zero-order chi connectivity index (χ0) is 19.9. The van der Waals surface area contributed by atoms with E-state index in [4.69, 9.17) is 5.73 Å². The molecule has 0 radical (unpaired) electrons. The second-order valence-corrected chi connectivity index (χ2v) is 8.50. The molecule has 3 rings (SSSR count). The third-order valence-electron chi connectivity index (χ3n) is 6.07. The van der Waals surface area contributed by atoms with E-state index in [9.17, 15) is 9.59 Å². The van der Waals surface area contributed by atoms with E-state index < -0.39 is 5.91 Å². The number of amides is 2. The monoisotopic (exact) mass is 371 g/mol. The van der Waals surface area contributed by atoms with Gasteiger partial charge in [0, 0.05) is 12.0 Å². The number of fused-ring (bicyclic) bond motifs is 1. The number of nitrogens with two attached hydrogens (primary N) is 1. The first-order chi connectivity index (χ1) is 12.6. The van der Waals surface area contributed by atoms with E-state index in [-0.39, 0.29) is 23.3 Å². The summed E-state index contributed by atoms with van der Waals surface area (Å²) in [6.07, 6.45) is 5.39. The Balaban J connectivity index is 2.03. The topological polar surface area (TPSA) is 102 Å². The maximum Gasteiger partial charge on any atom is 0.252 e. The van der Waals surface area contributed by atoms with Crippen LogP contribution in [0.1, 0.15) is 57.8 Å². The van der Waals surface area contributed by atoms with E-state index in [2.05, 4.69) is 36.5 Å². The van der Waals surface area contributed by atoms with Crippen molar-refractivity contribution in [3.8, 4) is 0 Å². The quantitative estimate of drug-likeness (QED) is 0.751. The van der Waals surface area contributed by atoms with Crippen molar-refractivity contribution < 1.29 is 9.59 Å². The first-order valence-electron chi connectivity index (χ1n) is 9.49. The van der Waals surface area contributed by atoms with Crippen LogP contribution in [0.4, 0.5) is 11.4 Å². The fraction of sp³-hybridized carbons (Fsp3) is 0.550. The molecule has 2 heterocycles. The van der Waals surface area contributed by atoms with Crippen molar-refractivity contribution in [2.24, 2.45) is 23.0 Å². The number of primary amides is 1. The van der Waals surface area contributed by atoms with Crippen molar-refractivity contribution in [3.63, 3.8) is 0 Å². The number of carbonyl (C=O) groups is 2. The van der Waals surface area contributed by atoms with Gasteiger partial charge in [-0.25, -0.2) is 4.52 Å². The van der Waals surface area contributed by atoms with Crippen molar-refractivity contribution in [1.29, 1.82) is 0 Å². The first-order valence-corrected chi connectivity index (χ1v) is 9.49. The van der Waals surface area contributed by atoms with Gasteiger partial charge in [0.25, 0.3) is 5.91 Å². The highest BCUT2D eigenvalue weighted by atomic mass is 16.2. The maximum atomic E-state index is 12.0. The number of hydrogen-bond donors (Lipinski definition) is 3. The minimum absolute atomic E-state index is 0.0682. The molecule has 2 amide bonds. The Kier molecular flexibility index (Phi) is 4.88. The van der Waals surface area contributed by atoms with E-state index in [1.807, 2.05) is 19.9 Å². The molecule has 2 aromatic heterocycles. The smallest absolute Gasteiger partial charge is 0.252 e. The van der Waals surface area contributed by atoms with Gasteiger partial charge in [-0.05, 0) is 30.2 Å². The fourth-order valence-corrected chi connectivity index (χ4v) is 3.69. The van der Waals surface area contributed by atoms with Crippen molar-refractivity contribution in [2.75, 3.05) is 10.6 Å². The van der Waals surface area contributed by atoms with Crippen LogP contribution in [0.2, 0.25) is 0 Å². The van der Waals surface area contributed by atoms with Gasteiger partial charge in [-0.1, -0.05) is 34.6 Å². The van der Waals surface area contributed by atoms with E-state index in [1.54, 1.807) is 10.7 Å². The molecule has 7 heteroatoms. The minimum Gasteiger partial charge on any atom is -0.379 e. The molecule has 2 atom stereocenters. The Bertz CT molecular complexity index is 884. The molecule has 27 heavy (non-hydrogen) atoms. The number of nitrogens with one attached hydrogen (secondary N) is 2. The fourth-order valence-electron chi connectivity index (χ4n) is 3.69. The van der Waals surface area contributed by atoms with E-state index in [0.29, 0.717) is 22.9 Å². The molecule has 2 aromatic rings. The lowest BCUT2D eigenvalue weighted by Gasteiger charge is -2.33. The highest BCUT2D eigenvalue weighted by Gasteiger charge is 2.41. The molecule has 1 saturated carbocycles. The lowest BCUT2D eigenvalue weighted by Crippen LogP contribution is -2.35. The second kappa shape index (κ2) is 6.87. The number of carbonyl (C=O) groups excluding carboxylic acids is 2. The third-order valence-corrected chi connectivity index (χ3v) is 6.07. The van der Waals surface area contributed by atoms with Gasteiger partial charge in [-0.2, -0.15) is 5.10 Å². The van der Waals surface area contributed by atoms with Gasteiger partial charge < -0.3 is 16.4 Å². The third kappa shape index (κ3) is 3.50. The molecule has 0 unspecified atom stereocenters. The number of rotatable bonds is 5. The van der Waals surface area contributed by atoms with Gasteiger partial charge in [0.15, 0.2) is 0 Å². The molecule has 0 bridgehead atoms. The number of anilines is 2. The van der Waals surface area contributed by atoms with Gasteiger partial charge >= 0.3 is 0 Å². The summed E-state index contributed by atoms with van der Waals surface area (Å²) in [7, 11) is 0. The molecule has 4 N–H and O–H groups in total. The largest absolute Gasteiger partial charge is 0.379 e. The van der Waals surface area contributed by atoms with Gasteiger partial charge in [0.05, 0.1) is 34.8 Å². The zero-order valence-electron chi connectivity index (χ0n) is 16.7. The van der Waals surface area contributed by atoms with Crippen LogP contribution in [-0.2, 0) is 4.79 Å². The van der Waals surface area contributed by atoms with Crippen LogP contribution in [0.5, 0.6) is 0 Å². The number of hydrogen-bond acceptors (Lipinski definition) is 4. The Labute approximate surface area is 159 Å². The first kappa shape index (κ1) is 19.2. The van der Waals surface area contributed by atoms with Crippen LogP contribution in [0.15, 0.2) is 18.5 Å². The van der Waals surface area contributed by atoms with Gasteiger partial charge in [0.2, 0.25) is 5.91 Å². The van der Waals surface area contributed by atoms with Crippen LogP contribution in [0.25, 0.3) is 5.52 Å². The van der Waals surface area contributed by atoms with Gasteiger partial charge in [-0.3, -0.25) is 9.59 Å². The van der Waals surface area contributed by atoms with Crippen LogP contribution in [-0.4, -0.2) is 27.5 Å². The van der Waals surface area contributed by atoms with Crippen LogP contribution in [0.3, 0.4) is 0 Å². The highest BCUT2D eigenvalue weighted by Crippen LogP contribution is 2.44. The predicted molar refractivity (Wildman–Crippen MR) is 107 cm³/mol. The van der Waals surface area contributed by atoms with Crippen LogP contribution >= 0.6 is 0 Å². The molecular formula is C20H29N5O2. The lowest BCUT2D eigenvalue weighted by molar-refractivity contribution is -0.118. The maximum absolute atomic E-state index is 12.0. The molecule has 0 aliphatic heterocycles.